The van der Waals surface area contributed by atoms with E-state index in [1.54, 1.807) is 13.0 Å². The molecule has 1 aliphatic rings. The van der Waals surface area contributed by atoms with Gasteiger partial charge in [0.15, 0.2) is 0 Å². The van der Waals surface area contributed by atoms with Crippen LogP contribution in [0.5, 0.6) is 0 Å². The lowest BCUT2D eigenvalue weighted by Gasteiger charge is -2.45. The number of anilines is 1. The Hall–Kier alpha value is -2.53. The van der Waals surface area contributed by atoms with Crippen LogP contribution in [-0.4, -0.2) is 63.8 Å². The zero-order valence-corrected chi connectivity index (χ0v) is 18.1. The van der Waals surface area contributed by atoms with Gasteiger partial charge in [0.1, 0.15) is 5.69 Å². The second kappa shape index (κ2) is 10.2. The van der Waals surface area contributed by atoms with Crippen molar-refractivity contribution >= 4 is 17.3 Å². The summed E-state index contributed by atoms with van der Waals surface area (Å²) in [6, 6.07) is 3.82. The summed E-state index contributed by atoms with van der Waals surface area (Å²) in [5.41, 5.74) is -1.93. The maximum Gasteiger partial charge on any atom is 0.295 e. The summed E-state index contributed by atoms with van der Waals surface area (Å²) in [5.74, 6) is -0.433. The van der Waals surface area contributed by atoms with Gasteiger partial charge in [0.2, 0.25) is 0 Å². The Morgan fingerprint density at radius 3 is 2.52 bits per heavy atom. The second-order valence-corrected chi connectivity index (χ2v) is 8.12. The number of rotatable bonds is 10. The molecule has 0 heterocycles. The number of nitrogens with one attached hydrogen (secondary N) is 1. The number of hydrogen-bond acceptors (Lipinski definition) is 8. The van der Waals surface area contributed by atoms with Gasteiger partial charge in [-0.2, -0.15) is 0 Å². The van der Waals surface area contributed by atoms with Crippen molar-refractivity contribution in [2.24, 2.45) is 5.92 Å². The standard InChI is InChI=1S/C21H31N3O7/c1-15(2)21(31-13-12-26)8-6-20(3,7-9-21)23(28)17-5-4-16(14-18(17)24(29)30)19(27)22-10-11-25/h4-6,8,14-15,25-26,28H,7,9-13H2,1-3H3,(H,22,27). The van der Waals surface area contributed by atoms with Crippen LogP contribution >= 0.6 is 0 Å². The molecular weight excluding hydrogens is 406 g/mol. The average molecular weight is 437 g/mol. The number of nitro groups is 1. The van der Waals surface area contributed by atoms with Crippen LogP contribution in [0, 0.1) is 16.0 Å². The van der Waals surface area contributed by atoms with Gasteiger partial charge in [-0.15, -0.1) is 0 Å². The van der Waals surface area contributed by atoms with E-state index in [0.29, 0.717) is 12.8 Å². The lowest BCUT2D eigenvalue weighted by Crippen LogP contribution is -2.50. The molecule has 0 saturated heterocycles. The van der Waals surface area contributed by atoms with Crippen molar-refractivity contribution in [3.05, 3.63) is 46.0 Å². The van der Waals surface area contributed by atoms with Gasteiger partial charge in [-0.3, -0.25) is 20.1 Å². The third kappa shape index (κ3) is 5.40. The number of carbonyl (C=O) groups excluding carboxylic acids is 1. The Morgan fingerprint density at radius 2 is 2.00 bits per heavy atom. The Labute approximate surface area is 181 Å². The second-order valence-electron chi connectivity index (χ2n) is 8.12. The van der Waals surface area contributed by atoms with E-state index in [2.05, 4.69) is 5.32 Å². The monoisotopic (exact) mass is 437 g/mol. The SMILES string of the molecule is CC(C)C1(OCCO)C=CC(C)(N(O)c2ccc(C(=O)NCCO)cc2[N+](=O)[O-])CC1. The fourth-order valence-electron chi connectivity index (χ4n) is 3.65. The van der Waals surface area contributed by atoms with Crippen LogP contribution in [-0.2, 0) is 4.74 Å². The number of ether oxygens (including phenoxy) is 1. The van der Waals surface area contributed by atoms with Gasteiger partial charge < -0.3 is 20.3 Å². The first-order valence-electron chi connectivity index (χ1n) is 10.2. The molecule has 1 aromatic carbocycles. The normalized spacial score (nSPS) is 23.1. The number of hydroxylamine groups is 1. The fourth-order valence-corrected chi connectivity index (χ4v) is 3.65. The minimum atomic E-state index is -0.938. The minimum absolute atomic E-state index is 0.0271. The molecule has 4 N–H and O–H groups in total. The molecule has 0 bridgehead atoms. The number of aliphatic hydroxyl groups is 2. The summed E-state index contributed by atoms with van der Waals surface area (Å²) in [4.78, 5) is 23.1. The molecule has 0 radical (unpaired) electrons. The van der Waals surface area contributed by atoms with Crippen LogP contribution < -0.4 is 10.4 Å². The summed E-state index contributed by atoms with van der Waals surface area (Å²) in [6.07, 6.45) is 4.60. The van der Waals surface area contributed by atoms with E-state index in [0.717, 1.165) is 11.1 Å². The van der Waals surface area contributed by atoms with Crippen LogP contribution in [0.25, 0.3) is 0 Å². The van der Waals surface area contributed by atoms with Gasteiger partial charge in [0, 0.05) is 18.2 Å². The van der Waals surface area contributed by atoms with Gasteiger partial charge in [-0.1, -0.05) is 26.0 Å². The molecule has 0 saturated carbocycles. The number of benzene rings is 1. The predicted molar refractivity (Wildman–Crippen MR) is 114 cm³/mol. The molecule has 172 valence electrons. The lowest BCUT2D eigenvalue weighted by atomic mass is 9.75. The van der Waals surface area contributed by atoms with E-state index in [-0.39, 0.29) is 43.5 Å². The molecule has 2 unspecified atom stereocenters. The van der Waals surface area contributed by atoms with Crippen LogP contribution in [0.2, 0.25) is 0 Å². The van der Waals surface area contributed by atoms with E-state index in [4.69, 9.17) is 14.9 Å². The van der Waals surface area contributed by atoms with Crippen molar-refractivity contribution in [3.8, 4) is 0 Å². The first kappa shape index (κ1) is 24.7. The molecule has 1 aromatic rings. The van der Waals surface area contributed by atoms with Gasteiger partial charge in [0.25, 0.3) is 11.6 Å². The van der Waals surface area contributed by atoms with E-state index in [9.17, 15) is 20.1 Å². The molecule has 0 aliphatic heterocycles. The van der Waals surface area contributed by atoms with Crippen molar-refractivity contribution in [2.45, 2.75) is 44.8 Å². The number of nitro benzene ring substituents is 1. The number of aliphatic hydroxyl groups excluding tert-OH is 2. The molecule has 31 heavy (non-hydrogen) atoms. The van der Waals surface area contributed by atoms with Gasteiger partial charge >= 0.3 is 0 Å². The maximum atomic E-state index is 12.1. The van der Waals surface area contributed by atoms with Crippen molar-refractivity contribution in [2.75, 3.05) is 31.4 Å². The summed E-state index contributed by atoms with van der Waals surface area (Å²) in [7, 11) is 0. The zero-order chi connectivity index (χ0) is 23.2. The topological polar surface area (TPSA) is 145 Å². The molecule has 0 spiro atoms. The van der Waals surface area contributed by atoms with Crippen LogP contribution in [0.3, 0.4) is 0 Å². The third-order valence-corrected chi connectivity index (χ3v) is 5.73. The highest BCUT2D eigenvalue weighted by Crippen LogP contribution is 2.42. The molecule has 1 amide bonds. The van der Waals surface area contributed by atoms with E-state index in [1.165, 1.54) is 12.1 Å². The highest BCUT2D eigenvalue weighted by atomic mass is 16.6. The predicted octanol–water partition coefficient (Wildman–Crippen LogP) is 2.02. The number of nitrogens with zero attached hydrogens (tertiary/aromatic N) is 2. The first-order valence-corrected chi connectivity index (χ1v) is 10.2. The minimum Gasteiger partial charge on any atom is -0.395 e. The van der Waals surface area contributed by atoms with Gasteiger partial charge in [0.05, 0.1) is 35.9 Å². The summed E-state index contributed by atoms with van der Waals surface area (Å²) in [6.45, 7) is 5.63. The quantitative estimate of drug-likeness (QED) is 0.247. The molecule has 10 heteroatoms. The van der Waals surface area contributed by atoms with Crippen LogP contribution in [0.15, 0.2) is 30.4 Å². The van der Waals surface area contributed by atoms with Crippen molar-refractivity contribution in [1.82, 2.24) is 5.32 Å². The average Bonchev–Trinajstić information content (AvgIpc) is 2.76. The molecule has 2 rings (SSSR count). The Balaban J connectivity index is 2.35. The van der Waals surface area contributed by atoms with E-state index < -0.39 is 27.7 Å². The van der Waals surface area contributed by atoms with Crippen LogP contribution in [0.4, 0.5) is 11.4 Å². The molecule has 0 aromatic heterocycles. The summed E-state index contributed by atoms with van der Waals surface area (Å²) < 4.78 is 5.89. The Morgan fingerprint density at radius 1 is 1.29 bits per heavy atom. The smallest absolute Gasteiger partial charge is 0.295 e. The zero-order valence-electron chi connectivity index (χ0n) is 18.1. The molecule has 2 atom stereocenters. The number of carbonyl (C=O) groups is 1. The van der Waals surface area contributed by atoms with Crippen molar-refractivity contribution in [3.63, 3.8) is 0 Å². The van der Waals surface area contributed by atoms with E-state index in [1.807, 2.05) is 19.9 Å². The fraction of sp³-hybridized carbons (Fsp3) is 0.571. The lowest BCUT2D eigenvalue weighted by molar-refractivity contribution is -0.384. The third-order valence-electron chi connectivity index (χ3n) is 5.73. The Bertz CT molecular complexity index is 829. The molecular formula is C21H31N3O7. The molecule has 1 aliphatic carbocycles. The van der Waals surface area contributed by atoms with Crippen molar-refractivity contribution < 1.29 is 29.9 Å². The van der Waals surface area contributed by atoms with Crippen LogP contribution in [0.1, 0.15) is 44.0 Å². The maximum absolute atomic E-state index is 12.1. The highest BCUT2D eigenvalue weighted by Gasteiger charge is 2.43. The van der Waals surface area contributed by atoms with Gasteiger partial charge in [-0.25, -0.2) is 5.06 Å². The highest BCUT2D eigenvalue weighted by molar-refractivity contribution is 5.95. The number of hydrogen-bond donors (Lipinski definition) is 4. The summed E-state index contributed by atoms with van der Waals surface area (Å²) in [5, 5.41) is 43.8. The van der Waals surface area contributed by atoms with E-state index >= 15 is 0 Å². The Kier molecular flexibility index (Phi) is 8.13. The number of amides is 1. The summed E-state index contributed by atoms with van der Waals surface area (Å²) >= 11 is 0. The van der Waals surface area contributed by atoms with Gasteiger partial charge in [-0.05, 0) is 37.8 Å². The van der Waals surface area contributed by atoms with Crippen molar-refractivity contribution in [1.29, 1.82) is 0 Å². The largest absolute Gasteiger partial charge is 0.395 e. The first-order chi connectivity index (χ1) is 14.6. The molecule has 0 fully saturated rings. The molecule has 10 nitrogen and oxygen atoms in total.